The maximum Gasteiger partial charge on any atom is 0.240 e. The van der Waals surface area contributed by atoms with Crippen LogP contribution in [0.2, 0.25) is 5.02 Å². The molecule has 5 rings (SSSR count). The molecule has 1 aliphatic carbocycles. The fraction of sp³-hybridized carbons (Fsp3) is 0.320. The summed E-state index contributed by atoms with van der Waals surface area (Å²) in [5.74, 6) is 0.713. The first kappa shape index (κ1) is 20.8. The minimum atomic E-state index is -0.0210. The summed E-state index contributed by atoms with van der Waals surface area (Å²) in [6.45, 7) is 4.63. The Bertz CT molecular complexity index is 1270. The van der Waals surface area contributed by atoms with Crippen LogP contribution in [-0.4, -0.2) is 27.2 Å². The van der Waals surface area contributed by atoms with Crippen LogP contribution < -0.4 is 5.32 Å². The second-order valence-electron chi connectivity index (χ2n) is 8.67. The van der Waals surface area contributed by atoms with E-state index in [0.29, 0.717) is 6.54 Å². The zero-order chi connectivity index (χ0) is 22.3. The van der Waals surface area contributed by atoms with Gasteiger partial charge in [0.2, 0.25) is 5.91 Å². The van der Waals surface area contributed by atoms with Gasteiger partial charge in [-0.2, -0.15) is 0 Å². The number of aryl methyl sites for hydroxylation is 2. The van der Waals surface area contributed by atoms with E-state index >= 15 is 0 Å². The molecule has 0 saturated heterocycles. The average Bonchev–Trinajstić information content (AvgIpc) is 3.30. The highest BCUT2D eigenvalue weighted by atomic mass is 35.5. The molecule has 0 spiro atoms. The molecule has 1 aromatic carbocycles. The van der Waals surface area contributed by atoms with E-state index in [1.54, 1.807) is 0 Å². The van der Waals surface area contributed by atoms with Gasteiger partial charge in [-0.25, -0.2) is 4.98 Å². The second kappa shape index (κ2) is 8.10. The van der Waals surface area contributed by atoms with Crippen molar-refractivity contribution in [3.05, 3.63) is 70.7 Å². The van der Waals surface area contributed by atoms with Crippen LogP contribution in [0.4, 0.5) is 0 Å². The third-order valence-corrected chi connectivity index (χ3v) is 6.86. The van der Waals surface area contributed by atoms with Gasteiger partial charge in [-0.3, -0.25) is 4.79 Å². The summed E-state index contributed by atoms with van der Waals surface area (Å²) in [6, 6.07) is 14.0. The number of nitrogens with zero attached hydrogens (tertiary/aromatic N) is 3. The highest BCUT2D eigenvalue weighted by Crippen LogP contribution is 2.43. The first-order valence-corrected chi connectivity index (χ1v) is 11.2. The number of hydrogen-bond donors (Lipinski definition) is 1. The Morgan fingerprint density at radius 2 is 1.94 bits per heavy atom. The fourth-order valence-corrected chi connectivity index (χ4v) is 4.75. The largest absolute Gasteiger partial charge is 0.361 e. The Balaban J connectivity index is 1.33. The highest BCUT2D eigenvalue weighted by molar-refractivity contribution is 6.30. The molecule has 32 heavy (non-hydrogen) atoms. The predicted molar refractivity (Wildman–Crippen MR) is 125 cm³/mol. The number of pyridine rings is 1. The monoisotopic (exact) mass is 448 g/mol. The number of aromatic nitrogens is 3. The van der Waals surface area contributed by atoms with Crippen LogP contribution in [-0.2, 0) is 16.8 Å². The lowest BCUT2D eigenvalue weighted by Crippen LogP contribution is -2.46. The van der Waals surface area contributed by atoms with Crippen LogP contribution in [0.1, 0.15) is 36.3 Å². The average molecular weight is 449 g/mol. The summed E-state index contributed by atoms with van der Waals surface area (Å²) in [7, 11) is 0. The Labute approximate surface area is 191 Å². The molecule has 0 radical (unpaired) electrons. The Morgan fingerprint density at radius 3 is 2.59 bits per heavy atom. The van der Waals surface area contributed by atoms with E-state index < -0.39 is 0 Å². The van der Waals surface area contributed by atoms with Crippen molar-refractivity contribution in [2.24, 2.45) is 0 Å². The maximum atomic E-state index is 12.8. The SMILES string of the molecule is Cc1noc(C)c1-c1ccc2ccn(CC(=O)NCC3(c4ccc(Cl)cc4)CCC3)c2n1. The standard InChI is InChI=1S/C25H25ClN4O2/c1-16-23(17(2)32-29-16)21-9-4-18-10-13-30(24(18)28-21)14-22(31)27-15-25(11-3-12-25)19-5-7-20(26)8-6-19/h4-10,13H,3,11-12,14-15H2,1-2H3,(H,27,31). The van der Waals surface area contributed by atoms with Crippen molar-refractivity contribution in [1.29, 1.82) is 0 Å². The number of amides is 1. The van der Waals surface area contributed by atoms with E-state index in [4.69, 9.17) is 21.1 Å². The molecule has 3 heterocycles. The topological polar surface area (TPSA) is 73.0 Å². The lowest BCUT2D eigenvalue weighted by atomic mass is 9.64. The molecule has 1 amide bonds. The number of carbonyl (C=O) groups is 1. The van der Waals surface area contributed by atoms with Crippen molar-refractivity contribution < 1.29 is 9.32 Å². The van der Waals surface area contributed by atoms with Crippen molar-refractivity contribution in [2.75, 3.05) is 6.54 Å². The van der Waals surface area contributed by atoms with Gasteiger partial charge in [-0.1, -0.05) is 35.3 Å². The van der Waals surface area contributed by atoms with Gasteiger partial charge in [0.15, 0.2) is 0 Å². The third-order valence-electron chi connectivity index (χ3n) is 6.61. The van der Waals surface area contributed by atoms with Crippen molar-refractivity contribution in [1.82, 2.24) is 20.0 Å². The first-order chi connectivity index (χ1) is 15.4. The summed E-state index contributed by atoms with van der Waals surface area (Å²) >= 11 is 6.05. The molecular weight excluding hydrogens is 424 g/mol. The Hall–Kier alpha value is -3.12. The van der Waals surface area contributed by atoms with Crippen molar-refractivity contribution in [3.63, 3.8) is 0 Å². The molecule has 0 atom stereocenters. The summed E-state index contributed by atoms with van der Waals surface area (Å²) in [6.07, 6.45) is 5.23. The van der Waals surface area contributed by atoms with Gasteiger partial charge < -0.3 is 14.4 Å². The van der Waals surface area contributed by atoms with E-state index in [0.717, 1.165) is 51.6 Å². The van der Waals surface area contributed by atoms with Crippen LogP contribution in [0, 0.1) is 13.8 Å². The molecule has 3 aromatic heterocycles. The highest BCUT2D eigenvalue weighted by Gasteiger charge is 2.38. The lowest BCUT2D eigenvalue weighted by molar-refractivity contribution is -0.122. The number of carbonyl (C=O) groups excluding carboxylic acids is 1. The van der Waals surface area contributed by atoms with E-state index in [-0.39, 0.29) is 17.9 Å². The second-order valence-corrected chi connectivity index (χ2v) is 9.11. The number of nitrogens with one attached hydrogen (secondary N) is 1. The van der Waals surface area contributed by atoms with Gasteiger partial charge in [0.05, 0.1) is 17.0 Å². The Morgan fingerprint density at radius 1 is 1.16 bits per heavy atom. The number of fused-ring (bicyclic) bond motifs is 1. The molecule has 7 heteroatoms. The smallest absolute Gasteiger partial charge is 0.240 e. The number of rotatable bonds is 6. The maximum absolute atomic E-state index is 12.8. The van der Waals surface area contributed by atoms with Gasteiger partial charge in [0, 0.05) is 28.6 Å². The van der Waals surface area contributed by atoms with Crippen LogP contribution in [0.3, 0.4) is 0 Å². The molecule has 6 nitrogen and oxygen atoms in total. The number of hydrogen-bond acceptors (Lipinski definition) is 4. The number of benzene rings is 1. The Kier molecular flexibility index (Phi) is 5.25. The zero-order valence-corrected chi connectivity index (χ0v) is 18.9. The van der Waals surface area contributed by atoms with E-state index in [2.05, 4.69) is 22.6 Å². The first-order valence-electron chi connectivity index (χ1n) is 10.9. The van der Waals surface area contributed by atoms with Gasteiger partial charge in [-0.05, 0) is 62.6 Å². The van der Waals surface area contributed by atoms with Crippen molar-refractivity contribution >= 4 is 28.5 Å². The van der Waals surface area contributed by atoms with Gasteiger partial charge in [0.1, 0.15) is 18.0 Å². The summed E-state index contributed by atoms with van der Waals surface area (Å²) in [4.78, 5) is 17.7. The third kappa shape index (κ3) is 3.69. The molecule has 0 bridgehead atoms. The number of halogens is 1. The minimum Gasteiger partial charge on any atom is -0.361 e. The minimum absolute atomic E-state index is 0.00770. The van der Waals surface area contributed by atoms with Crippen LogP contribution >= 0.6 is 11.6 Å². The molecule has 1 fully saturated rings. The lowest BCUT2D eigenvalue weighted by Gasteiger charge is -2.42. The molecule has 1 saturated carbocycles. The van der Waals surface area contributed by atoms with Gasteiger partial charge >= 0.3 is 0 Å². The van der Waals surface area contributed by atoms with Crippen LogP contribution in [0.25, 0.3) is 22.3 Å². The quantitative estimate of drug-likeness (QED) is 0.440. The zero-order valence-electron chi connectivity index (χ0n) is 18.2. The van der Waals surface area contributed by atoms with Crippen molar-refractivity contribution in [3.8, 4) is 11.3 Å². The van der Waals surface area contributed by atoms with Crippen molar-refractivity contribution in [2.45, 2.75) is 45.1 Å². The van der Waals surface area contributed by atoms with Gasteiger partial charge in [0.25, 0.3) is 0 Å². The molecule has 164 valence electrons. The van der Waals surface area contributed by atoms with Crippen LogP contribution in [0.5, 0.6) is 0 Å². The summed E-state index contributed by atoms with van der Waals surface area (Å²) < 4.78 is 7.18. The molecule has 1 N–H and O–H groups in total. The van der Waals surface area contributed by atoms with Gasteiger partial charge in [-0.15, -0.1) is 0 Å². The van der Waals surface area contributed by atoms with Crippen LogP contribution in [0.15, 0.2) is 53.2 Å². The van der Waals surface area contributed by atoms with E-state index in [9.17, 15) is 4.79 Å². The molecule has 4 aromatic rings. The van der Waals surface area contributed by atoms with E-state index in [1.165, 1.54) is 12.0 Å². The van der Waals surface area contributed by atoms with E-state index in [1.807, 2.05) is 54.9 Å². The molecule has 1 aliphatic rings. The molecule has 0 aliphatic heterocycles. The summed E-state index contributed by atoms with van der Waals surface area (Å²) in [5, 5.41) is 8.91. The fourth-order valence-electron chi connectivity index (χ4n) is 4.63. The molecular formula is C25H25ClN4O2. The summed E-state index contributed by atoms with van der Waals surface area (Å²) in [5.41, 5.74) is 4.52. The predicted octanol–water partition coefficient (Wildman–Crippen LogP) is 5.20. The molecule has 0 unspecified atom stereocenters. The normalized spacial score (nSPS) is 15.0.